The minimum atomic E-state index is -0.931. The average molecular weight is 434 g/mol. The summed E-state index contributed by atoms with van der Waals surface area (Å²) in [6.45, 7) is 2.64. The first kappa shape index (κ1) is 22.4. The standard InChI is InChI=1S/C26H22BF3O2/c1-2-3-24-31-14-20(15-32-24)21-10-8-18(12-23(21)28)16-4-6-17(7-5-16)22-11-9-19(13-27)25(29)26(22)30/h2-12,20,24H,13-15H2,1H3/b3-2+. The fourth-order valence-electron chi connectivity index (χ4n) is 3.82. The van der Waals surface area contributed by atoms with E-state index in [9.17, 15) is 13.2 Å². The highest BCUT2D eigenvalue weighted by Gasteiger charge is 2.24. The molecule has 32 heavy (non-hydrogen) atoms. The fourth-order valence-corrected chi connectivity index (χ4v) is 3.82. The molecule has 1 heterocycles. The number of allylic oxidation sites excluding steroid dienone is 1. The zero-order valence-corrected chi connectivity index (χ0v) is 17.7. The maximum Gasteiger partial charge on any atom is 0.176 e. The van der Waals surface area contributed by atoms with Crippen LogP contribution < -0.4 is 0 Å². The minimum absolute atomic E-state index is 0.0704. The smallest absolute Gasteiger partial charge is 0.176 e. The van der Waals surface area contributed by atoms with Crippen LogP contribution in [0.25, 0.3) is 22.3 Å². The van der Waals surface area contributed by atoms with E-state index < -0.39 is 11.6 Å². The summed E-state index contributed by atoms with van der Waals surface area (Å²) >= 11 is 0. The molecule has 0 amide bonds. The zero-order chi connectivity index (χ0) is 22.7. The molecule has 0 atom stereocenters. The molecule has 0 spiro atoms. The Labute approximate surface area is 187 Å². The number of halogens is 3. The molecule has 0 bridgehead atoms. The molecule has 1 aliphatic rings. The summed E-state index contributed by atoms with van der Waals surface area (Å²) in [5.74, 6) is -2.37. The van der Waals surface area contributed by atoms with Crippen molar-refractivity contribution in [1.29, 1.82) is 0 Å². The highest BCUT2D eigenvalue weighted by molar-refractivity contribution is 6.08. The Balaban J connectivity index is 1.53. The van der Waals surface area contributed by atoms with E-state index in [0.717, 1.165) is 5.56 Å². The van der Waals surface area contributed by atoms with Crippen LogP contribution in [0.3, 0.4) is 0 Å². The molecular weight excluding hydrogens is 412 g/mol. The van der Waals surface area contributed by atoms with Crippen molar-refractivity contribution in [1.82, 2.24) is 0 Å². The Morgan fingerprint density at radius 3 is 2.16 bits per heavy atom. The molecule has 2 nitrogen and oxygen atoms in total. The summed E-state index contributed by atoms with van der Waals surface area (Å²) < 4.78 is 54.5. The predicted octanol–water partition coefficient (Wildman–Crippen LogP) is 6.14. The molecule has 3 aromatic carbocycles. The molecular formula is C26H22BF3O2. The van der Waals surface area contributed by atoms with Crippen LogP contribution in [0.5, 0.6) is 0 Å². The minimum Gasteiger partial charge on any atom is -0.348 e. The average Bonchev–Trinajstić information content (AvgIpc) is 2.82. The predicted molar refractivity (Wildman–Crippen MR) is 120 cm³/mol. The Morgan fingerprint density at radius 1 is 0.875 bits per heavy atom. The van der Waals surface area contributed by atoms with Crippen molar-refractivity contribution < 1.29 is 22.6 Å². The van der Waals surface area contributed by atoms with E-state index in [2.05, 4.69) is 0 Å². The molecule has 4 rings (SSSR count). The Bertz CT molecular complexity index is 1120. The van der Waals surface area contributed by atoms with Crippen LogP contribution in [0.4, 0.5) is 13.2 Å². The van der Waals surface area contributed by atoms with E-state index in [-0.39, 0.29) is 35.5 Å². The van der Waals surface area contributed by atoms with Gasteiger partial charge in [-0.3, -0.25) is 0 Å². The van der Waals surface area contributed by atoms with Crippen LogP contribution in [-0.4, -0.2) is 27.4 Å². The van der Waals surface area contributed by atoms with E-state index in [1.807, 2.05) is 25.1 Å². The van der Waals surface area contributed by atoms with Gasteiger partial charge in [-0.25, -0.2) is 13.2 Å². The van der Waals surface area contributed by atoms with Gasteiger partial charge in [0.2, 0.25) is 0 Å². The molecule has 1 fully saturated rings. The summed E-state index contributed by atoms with van der Waals surface area (Å²) in [6.07, 6.45) is 3.21. The SMILES string of the molecule is [B]Cc1ccc(-c2ccc(-c3ccc(C4COC(/C=C/C)OC4)c(F)c3)cc2)c(F)c1F. The second-order valence-corrected chi connectivity index (χ2v) is 7.68. The third-order valence-corrected chi connectivity index (χ3v) is 5.62. The summed E-state index contributed by atoms with van der Waals surface area (Å²) in [6, 6.07) is 14.9. The molecule has 0 N–H and O–H groups in total. The maximum atomic E-state index is 14.9. The number of rotatable bonds is 5. The number of hydrogen-bond donors (Lipinski definition) is 0. The van der Waals surface area contributed by atoms with Crippen LogP contribution in [0, 0.1) is 17.5 Å². The van der Waals surface area contributed by atoms with Gasteiger partial charge in [0.15, 0.2) is 17.9 Å². The van der Waals surface area contributed by atoms with Gasteiger partial charge in [0.1, 0.15) is 5.82 Å². The maximum absolute atomic E-state index is 14.9. The van der Waals surface area contributed by atoms with Crippen molar-refractivity contribution in [2.75, 3.05) is 13.2 Å². The van der Waals surface area contributed by atoms with Crippen molar-refractivity contribution >= 4 is 7.85 Å². The van der Waals surface area contributed by atoms with E-state index in [0.29, 0.717) is 29.9 Å². The van der Waals surface area contributed by atoms with E-state index in [1.54, 1.807) is 30.3 Å². The quantitative estimate of drug-likeness (QED) is 0.355. The van der Waals surface area contributed by atoms with Gasteiger partial charge in [-0.15, -0.1) is 0 Å². The van der Waals surface area contributed by atoms with Crippen LogP contribution in [0.15, 0.2) is 66.7 Å². The lowest BCUT2D eigenvalue weighted by Gasteiger charge is -2.28. The van der Waals surface area contributed by atoms with Gasteiger partial charge in [0.05, 0.1) is 21.1 Å². The fraction of sp³-hybridized carbons (Fsp3) is 0.231. The number of benzene rings is 3. The van der Waals surface area contributed by atoms with E-state index >= 15 is 0 Å². The molecule has 1 aliphatic heterocycles. The molecule has 0 unspecified atom stereocenters. The van der Waals surface area contributed by atoms with Gasteiger partial charge in [-0.05, 0) is 46.9 Å². The van der Waals surface area contributed by atoms with Crippen molar-refractivity contribution in [2.45, 2.75) is 25.5 Å². The highest BCUT2D eigenvalue weighted by Crippen LogP contribution is 2.31. The molecule has 162 valence electrons. The lowest BCUT2D eigenvalue weighted by atomic mass is 9.93. The Hall–Kier alpha value is -2.83. The molecule has 3 aromatic rings. The lowest BCUT2D eigenvalue weighted by Crippen LogP contribution is -2.29. The summed E-state index contributed by atoms with van der Waals surface area (Å²) in [4.78, 5) is 0. The zero-order valence-electron chi connectivity index (χ0n) is 17.7. The van der Waals surface area contributed by atoms with Gasteiger partial charge in [-0.1, -0.05) is 60.9 Å². The molecule has 1 saturated heterocycles. The van der Waals surface area contributed by atoms with E-state index in [1.165, 1.54) is 18.2 Å². The lowest BCUT2D eigenvalue weighted by molar-refractivity contribution is -0.159. The van der Waals surface area contributed by atoms with E-state index in [4.69, 9.17) is 17.3 Å². The van der Waals surface area contributed by atoms with Gasteiger partial charge >= 0.3 is 0 Å². The van der Waals surface area contributed by atoms with Gasteiger partial charge < -0.3 is 9.47 Å². The first-order chi connectivity index (χ1) is 15.5. The van der Waals surface area contributed by atoms with Gasteiger partial charge in [0, 0.05) is 11.5 Å². The highest BCUT2D eigenvalue weighted by atomic mass is 19.2. The van der Waals surface area contributed by atoms with Crippen molar-refractivity contribution in [3.8, 4) is 22.3 Å². The Kier molecular flexibility index (Phi) is 6.82. The van der Waals surface area contributed by atoms with Crippen LogP contribution in [0.2, 0.25) is 0 Å². The van der Waals surface area contributed by atoms with Crippen LogP contribution in [0.1, 0.15) is 24.0 Å². The Morgan fingerprint density at radius 2 is 1.53 bits per heavy atom. The van der Waals surface area contributed by atoms with Crippen LogP contribution in [-0.2, 0) is 15.8 Å². The van der Waals surface area contributed by atoms with Gasteiger partial charge in [-0.2, -0.15) is 0 Å². The topological polar surface area (TPSA) is 18.5 Å². The second-order valence-electron chi connectivity index (χ2n) is 7.68. The monoisotopic (exact) mass is 434 g/mol. The molecule has 6 heteroatoms. The second kappa shape index (κ2) is 9.76. The largest absolute Gasteiger partial charge is 0.348 e. The molecule has 0 saturated carbocycles. The molecule has 0 aromatic heterocycles. The normalized spacial score (nSPS) is 18.9. The molecule has 2 radical (unpaired) electrons. The first-order valence-electron chi connectivity index (χ1n) is 10.4. The molecule has 0 aliphatic carbocycles. The van der Waals surface area contributed by atoms with Crippen molar-refractivity contribution in [3.05, 3.63) is 95.3 Å². The van der Waals surface area contributed by atoms with Crippen molar-refractivity contribution in [2.24, 2.45) is 0 Å². The number of ether oxygens (including phenoxy) is 2. The van der Waals surface area contributed by atoms with Gasteiger partial charge in [0.25, 0.3) is 0 Å². The summed E-state index contributed by atoms with van der Waals surface area (Å²) in [5, 5.41) is 0. The third kappa shape index (κ3) is 4.52. The first-order valence-corrected chi connectivity index (χ1v) is 10.4. The third-order valence-electron chi connectivity index (χ3n) is 5.62. The van der Waals surface area contributed by atoms with Crippen molar-refractivity contribution in [3.63, 3.8) is 0 Å². The number of hydrogen-bond acceptors (Lipinski definition) is 2. The summed E-state index contributed by atoms with van der Waals surface area (Å²) in [7, 11) is 5.43. The summed E-state index contributed by atoms with van der Waals surface area (Å²) in [5.41, 5.74) is 2.81. The van der Waals surface area contributed by atoms with Crippen LogP contribution >= 0.6 is 0 Å².